The van der Waals surface area contributed by atoms with Crippen LogP contribution in [-0.2, 0) is 0 Å². The Morgan fingerprint density at radius 1 is 1.65 bits per heavy atom. The van der Waals surface area contributed by atoms with Crippen molar-refractivity contribution in [2.75, 3.05) is 18.9 Å². The number of anilines is 1. The molecule has 1 fully saturated rings. The van der Waals surface area contributed by atoms with Crippen molar-refractivity contribution in [1.82, 2.24) is 9.88 Å². The fourth-order valence-corrected chi connectivity index (χ4v) is 2.05. The van der Waals surface area contributed by atoms with Gasteiger partial charge in [-0.15, -0.1) is 0 Å². The highest BCUT2D eigenvalue weighted by Gasteiger charge is 2.33. The number of nitrogens with zero attached hydrogens (tertiary/aromatic N) is 2. The van der Waals surface area contributed by atoms with Gasteiger partial charge < -0.3 is 15.7 Å². The fourth-order valence-electron chi connectivity index (χ4n) is 1.72. The van der Waals surface area contributed by atoms with Crippen molar-refractivity contribution in [3.8, 4) is 0 Å². The topological polar surface area (TPSA) is 79.5 Å². The lowest BCUT2D eigenvalue weighted by Crippen LogP contribution is -2.36. The van der Waals surface area contributed by atoms with Gasteiger partial charge in [0.2, 0.25) is 0 Å². The second kappa shape index (κ2) is 5.01. The van der Waals surface area contributed by atoms with Gasteiger partial charge in [0, 0.05) is 23.3 Å². The lowest BCUT2D eigenvalue weighted by molar-refractivity contribution is 0.0708. The summed E-state index contributed by atoms with van der Waals surface area (Å²) in [6.45, 7) is 0.305. The normalized spacial score (nSPS) is 14.7. The van der Waals surface area contributed by atoms with Crippen molar-refractivity contribution in [2.24, 2.45) is 0 Å². The van der Waals surface area contributed by atoms with Gasteiger partial charge in [-0.1, -0.05) is 0 Å². The quantitative estimate of drug-likeness (QED) is 0.870. The van der Waals surface area contributed by atoms with E-state index >= 15 is 0 Å². The summed E-state index contributed by atoms with van der Waals surface area (Å²) in [7, 11) is 0. The van der Waals surface area contributed by atoms with Crippen LogP contribution >= 0.6 is 15.9 Å². The number of aromatic nitrogens is 1. The number of carbonyl (C=O) groups is 1. The Morgan fingerprint density at radius 2 is 2.35 bits per heavy atom. The molecule has 0 aromatic carbocycles. The first-order valence-corrected chi connectivity index (χ1v) is 6.25. The van der Waals surface area contributed by atoms with Crippen LogP contribution in [0.1, 0.15) is 23.2 Å². The van der Waals surface area contributed by atoms with Gasteiger partial charge in [0.1, 0.15) is 5.82 Å². The Kier molecular flexibility index (Phi) is 3.63. The Balaban J connectivity index is 2.24. The molecule has 1 aliphatic carbocycles. The van der Waals surface area contributed by atoms with Crippen molar-refractivity contribution in [3.63, 3.8) is 0 Å². The first-order chi connectivity index (χ1) is 8.13. The second-order valence-corrected chi connectivity index (χ2v) is 4.96. The molecule has 1 aromatic rings. The van der Waals surface area contributed by atoms with Crippen LogP contribution in [0.5, 0.6) is 0 Å². The molecule has 17 heavy (non-hydrogen) atoms. The number of carbonyl (C=O) groups excluding carboxylic acids is 1. The molecule has 0 atom stereocenters. The van der Waals surface area contributed by atoms with Gasteiger partial charge in [0.05, 0.1) is 12.2 Å². The smallest absolute Gasteiger partial charge is 0.257 e. The summed E-state index contributed by atoms with van der Waals surface area (Å²) in [6, 6.07) is 1.91. The predicted molar refractivity (Wildman–Crippen MR) is 67.5 cm³/mol. The van der Waals surface area contributed by atoms with Gasteiger partial charge in [-0.05, 0) is 34.8 Å². The van der Waals surface area contributed by atoms with E-state index in [0.29, 0.717) is 12.1 Å². The molecule has 2 rings (SSSR count). The maximum atomic E-state index is 12.3. The third kappa shape index (κ3) is 2.76. The van der Waals surface area contributed by atoms with Crippen molar-refractivity contribution >= 4 is 27.7 Å². The number of aliphatic hydroxyl groups excluding tert-OH is 1. The molecule has 0 saturated heterocycles. The molecule has 1 aliphatic rings. The Bertz CT molecular complexity index is 435. The zero-order valence-electron chi connectivity index (χ0n) is 9.27. The summed E-state index contributed by atoms with van der Waals surface area (Å²) in [6.07, 6.45) is 3.54. The third-order valence-corrected chi connectivity index (χ3v) is 3.14. The van der Waals surface area contributed by atoms with Crippen LogP contribution in [-0.4, -0.2) is 40.1 Å². The number of hydrogen-bond donors (Lipinski definition) is 2. The zero-order valence-corrected chi connectivity index (χ0v) is 10.9. The number of nitrogens with two attached hydrogens (primary N) is 1. The van der Waals surface area contributed by atoms with E-state index in [1.807, 2.05) is 0 Å². The van der Waals surface area contributed by atoms with Crippen LogP contribution < -0.4 is 5.73 Å². The molecule has 0 bridgehead atoms. The first kappa shape index (κ1) is 12.3. The molecule has 5 nitrogen and oxygen atoms in total. The van der Waals surface area contributed by atoms with Crippen molar-refractivity contribution in [2.45, 2.75) is 18.9 Å². The summed E-state index contributed by atoms with van der Waals surface area (Å²) < 4.78 is 0.717. The third-order valence-electron chi connectivity index (χ3n) is 2.70. The summed E-state index contributed by atoms with van der Waals surface area (Å²) in [5, 5.41) is 8.98. The Morgan fingerprint density at radius 3 is 2.94 bits per heavy atom. The largest absolute Gasteiger partial charge is 0.395 e. The van der Waals surface area contributed by atoms with Crippen molar-refractivity contribution < 1.29 is 9.90 Å². The summed E-state index contributed by atoms with van der Waals surface area (Å²) in [4.78, 5) is 17.9. The molecule has 0 radical (unpaired) electrons. The van der Waals surface area contributed by atoms with E-state index < -0.39 is 0 Å². The maximum absolute atomic E-state index is 12.3. The van der Waals surface area contributed by atoms with Crippen LogP contribution in [0, 0.1) is 0 Å². The van der Waals surface area contributed by atoms with Gasteiger partial charge in [-0.25, -0.2) is 4.98 Å². The van der Waals surface area contributed by atoms with Crippen LogP contribution in [0.2, 0.25) is 0 Å². The Hall–Kier alpha value is -1.14. The number of aliphatic hydroxyl groups is 1. The SMILES string of the molecule is Nc1ncc(Br)cc1C(=O)N(CCO)C1CC1. The highest BCUT2D eigenvalue weighted by atomic mass is 79.9. The average Bonchev–Trinajstić information content (AvgIpc) is 3.12. The summed E-state index contributed by atoms with van der Waals surface area (Å²) in [5.74, 6) is 0.0645. The Labute approximate surface area is 108 Å². The lowest BCUT2D eigenvalue weighted by atomic mass is 10.2. The molecule has 92 valence electrons. The van der Waals surface area contributed by atoms with E-state index in [0.717, 1.165) is 17.3 Å². The van der Waals surface area contributed by atoms with Crippen LogP contribution in [0.4, 0.5) is 5.82 Å². The fraction of sp³-hybridized carbons (Fsp3) is 0.455. The monoisotopic (exact) mass is 299 g/mol. The lowest BCUT2D eigenvalue weighted by Gasteiger charge is -2.21. The number of rotatable bonds is 4. The van der Waals surface area contributed by atoms with Crippen molar-refractivity contribution in [1.29, 1.82) is 0 Å². The van der Waals surface area contributed by atoms with E-state index in [-0.39, 0.29) is 24.4 Å². The summed E-state index contributed by atoms with van der Waals surface area (Å²) >= 11 is 3.27. The number of amides is 1. The molecule has 6 heteroatoms. The van der Waals surface area contributed by atoms with Crippen molar-refractivity contribution in [3.05, 3.63) is 22.3 Å². The number of hydrogen-bond acceptors (Lipinski definition) is 4. The summed E-state index contributed by atoms with van der Waals surface area (Å²) in [5.41, 5.74) is 6.09. The van der Waals surface area contributed by atoms with Crippen LogP contribution in [0.3, 0.4) is 0 Å². The number of halogens is 1. The van der Waals surface area contributed by atoms with E-state index in [4.69, 9.17) is 10.8 Å². The molecule has 1 heterocycles. The molecule has 0 spiro atoms. The molecule has 1 amide bonds. The maximum Gasteiger partial charge on any atom is 0.257 e. The van der Waals surface area contributed by atoms with Gasteiger partial charge >= 0.3 is 0 Å². The van der Waals surface area contributed by atoms with E-state index in [9.17, 15) is 4.79 Å². The highest BCUT2D eigenvalue weighted by molar-refractivity contribution is 9.10. The predicted octanol–water partition coefficient (Wildman–Crippen LogP) is 1.02. The molecular weight excluding hydrogens is 286 g/mol. The molecule has 0 aliphatic heterocycles. The number of nitrogen functional groups attached to an aromatic ring is 1. The molecular formula is C11H14BrN3O2. The van der Waals surface area contributed by atoms with Gasteiger partial charge in [-0.3, -0.25) is 4.79 Å². The minimum Gasteiger partial charge on any atom is -0.395 e. The van der Waals surface area contributed by atoms with Crippen LogP contribution in [0.25, 0.3) is 0 Å². The average molecular weight is 300 g/mol. The molecule has 1 saturated carbocycles. The molecule has 0 unspecified atom stereocenters. The standard InChI is InChI=1S/C11H14BrN3O2/c12-7-5-9(10(13)14-6-7)11(17)15(3-4-16)8-1-2-8/h5-6,8,16H,1-4H2,(H2,13,14). The van der Waals surface area contributed by atoms with Crippen LogP contribution in [0.15, 0.2) is 16.7 Å². The van der Waals surface area contributed by atoms with E-state index in [1.54, 1.807) is 17.2 Å². The number of pyridine rings is 1. The van der Waals surface area contributed by atoms with Gasteiger partial charge in [0.15, 0.2) is 0 Å². The van der Waals surface area contributed by atoms with E-state index in [2.05, 4.69) is 20.9 Å². The van der Waals surface area contributed by atoms with Gasteiger partial charge in [-0.2, -0.15) is 0 Å². The highest BCUT2D eigenvalue weighted by Crippen LogP contribution is 2.29. The molecule has 1 aromatic heterocycles. The van der Waals surface area contributed by atoms with Gasteiger partial charge in [0.25, 0.3) is 5.91 Å². The second-order valence-electron chi connectivity index (χ2n) is 4.04. The first-order valence-electron chi connectivity index (χ1n) is 5.46. The molecule has 3 N–H and O–H groups in total. The zero-order chi connectivity index (χ0) is 12.4. The minimum absolute atomic E-state index is 0.0381. The minimum atomic E-state index is -0.159. The van der Waals surface area contributed by atoms with E-state index in [1.165, 1.54) is 0 Å².